The molecule has 0 aliphatic carbocycles. The van der Waals surface area contributed by atoms with E-state index in [0.717, 1.165) is 0 Å². The third kappa shape index (κ3) is 5.63. The number of aliphatic hydroxyl groups excluding tert-OH is 2. The van der Waals surface area contributed by atoms with Gasteiger partial charge in [0.2, 0.25) is 0 Å². The lowest BCUT2D eigenvalue weighted by Gasteiger charge is -2.22. The van der Waals surface area contributed by atoms with Gasteiger partial charge in [-0.15, -0.1) is 0 Å². The summed E-state index contributed by atoms with van der Waals surface area (Å²) in [6, 6.07) is 0. The Balaban J connectivity index is 4.17. The summed E-state index contributed by atoms with van der Waals surface area (Å²) in [4.78, 5) is 11.1. The molecule has 0 spiro atoms. The van der Waals surface area contributed by atoms with Crippen LogP contribution in [0.4, 0.5) is 0 Å². The maximum atomic E-state index is 11.1. The second kappa shape index (κ2) is 4.90. The van der Waals surface area contributed by atoms with Gasteiger partial charge in [0.05, 0.1) is 35.5 Å². The average Bonchev–Trinajstić information content (AvgIpc) is 1.84. The van der Waals surface area contributed by atoms with Crippen molar-refractivity contribution < 1.29 is 19.6 Å². The van der Waals surface area contributed by atoms with Gasteiger partial charge in [0, 0.05) is 0 Å². The lowest BCUT2D eigenvalue weighted by atomic mass is 10.5. The van der Waals surface area contributed by atoms with E-state index in [-0.39, 0.29) is 18.2 Å². The Hall–Kier alpha value is 0.01000. The molecule has 0 aliphatic heterocycles. The minimum atomic E-state index is -1.75. The normalized spacial score (nSPS) is 14.5. The Morgan fingerprint density at radius 1 is 1.42 bits per heavy atom. The summed E-state index contributed by atoms with van der Waals surface area (Å²) in [5, 5.41) is 17.8. The van der Waals surface area contributed by atoms with Crippen molar-refractivity contribution in [1.29, 1.82) is 0 Å². The minimum Gasteiger partial charge on any atom is -0.628 e. The second-order valence-electron chi connectivity index (χ2n) is 3.69. The number of likely N-dealkylation sites (N-methyl/N-ethyl adjacent to an activating group) is 1. The van der Waals surface area contributed by atoms with Gasteiger partial charge in [0.15, 0.2) is 6.54 Å². The van der Waals surface area contributed by atoms with Gasteiger partial charge in [0.25, 0.3) is 5.48 Å². The molecule has 5 heteroatoms. The quantitative estimate of drug-likeness (QED) is 0.443. The van der Waals surface area contributed by atoms with Crippen LogP contribution < -0.4 is 4.89 Å². The molecule has 12 heavy (non-hydrogen) atoms. The van der Waals surface area contributed by atoms with E-state index in [1.165, 1.54) is 0 Å². The van der Waals surface area contributed by atoms with Crippen LogP contribution in [0.5, 0.6) is 0 Å². The number of nitrogens with zero attached hydrogens (tertiary/aromatic N) is 1. The SMILES string of the molecule is C[N+](C)(C)C/C(O)=[P+](\[O-])CCO. The van der Waals surface area contributed by atoms with E-state index in [4.69, 9.17) is 5.11 Å². The van der Waals surface area contributed by atoms with Gasteiger partial charge in [-0.25, -0.2) is 0 Å². The van der Waals surface area contributed by atoms with Crippen molar-refractivity contribution in [1.82, 2.24) is 0 Å². The Morgan fingerprint density at radius 3 is 2.25 bits per heavy atom. The first-order chi connectivity index (χ1) is 5.37. The molecule has 0 fully saturated rings. The molecule has 0 aromatic carbocycles. The standard InChI is InChI=1S/C7H16NO3P/c1-8(2,3)6-7(10)12(11)5-4-9/h9H,4-6H2,1-3H3/p+1. The molecular formula is C7H17NO3P+. The maximum absolute atomic E-state index is 11.1. The van der Waals surface area contributed by atoms with Crippen LogP contribution in [-0.4, -0.2) is 60.6 Å². The third-order valence-corrected chi connectivity index (χ3v) is 2.53. The number of hydrogen-bond donors (Lipinski definition) is 2. The molecule has 0 heterocycles. The van der Waals surface area contributed by atoms with Crippen molar-refractivity contribution >= 4 is 13.3 Å². The molecule has 0 aliphatic rings. The van der Waals surface area contributed by atoms with Gasteiger partial charge in [0.1, 0.15) is 6.16 Å². The van der Waals surface area contributed by atoms with Crippen LogP contribution in [0.1, 0.15) is 0 Å². The Bertz CT molecular complexity index is 174. The first kappa shape index (κ1) is 12.0. The molecule has 0 saturated heterocycles. The van der Waals surface area contributed by atoms with Crippen molar-refractivity contribution in [3.05, 3.63) is 0 Å². The van der Waals surface area contributed by atoms with E-state index in [2.05, 4.69) is 0 Å². The molecular weight excluding hydrogens is 177 g/mol. The van der Waals surface area contributed by atoms with Gasteiger partial charge in [-0.2, -0.15) is 0 Å². The lowest BCUT2D eigenvalue weighted by Crippen LogP contribution is -2.39. The lowest BCUT2D eigenvalue weighted by molar-refractivity contribution is -0.861. The van der Waals surface area contributed by atoms with E-state index >= 15 is 0 Å². The second-order valence-corrected chi connectivity index (χ2v) is 5.41. The van der Waals surface area contributed by atoms with Crippen molar-refractivity contribution in [3.63, 3.8) is 0 Å². The van der Waals surface area contributed by atoms with Crippen molar-refractivity contribution in [2.45, 2.75) is 0 Å². The van der Waals surface area contributed by atoms with E-state index in [9.17, 15) is 10.00 Å². The highest BCUT2D eigenvalue weighted by molar-refractivity contribution is 7.51. The topological polar surface area (TPSA) is 63.5 Å². The van der Waals surface area contributed by atoms with E-state index < -0.39 is 7.77 Å². The summed E-state index contributed by atoms with van der Waals surface area (Å²) in [5.74, 6) is 0. The average molecular weight is 194 g/mol. The first-order valence-electron chi connectivity index (χ1n) is 3.77. The zero-order valence-corrected chi connectivity index (χ0v) is 8.71. The molecule has 2 N–H and O–H groups in total. The zero-order chi connectivity index (χ0) is 9.78. The number of quaternary nitrogens is 1. The molecule has 72 valence electrons. The van der Waals surface area contributed by atoms with Crippen LogP contribution in [0.15, 0.2) is 0 Å². The van der Waals surface area contributed by atoms with Gasteiger partial charge in [-0.1, -0.05) is 0 Å². The Morgan fingerprint density at radius 2 is 1.92 bits per heavy atom. The summed E-state index contributed by atoms with van der Waals surface area (Å²) >= 11 is 0. The fourth-order valence-corrected chi connectivity index (χ4v) is 1.74. The van der Waals surface area contributed by atoms with Gasteiger partial charge >= 0.3 is 0 Å². The van der Waals surface area contributed by atoms with Crippen molar-refractivity contribution in [2.24, 2.45) is 0 Å². The van der Waals surface area contributed by atoms with Crippen LogP contribution in [0, 0.1) is 0 Å². The molecule has 0 radical (unpaired) electrons. The summed E-state index contributed by atoms with van der Waals surface area (Å²) in [6.07, 6.45) is 0.154. The zero-order valence-electron chi connectivity index (χ0n) is 7.82. The maximum Gasteiger partial charge on any atom is 0.274 e. The molecule has 0 bridgehead atoms. The van der Waals surface area contributed by atoms with Gasteiger partial charge in [-0.3, -0.25) is 0 Å². The van der Waals surface area contributed by atoms with Crippen molar-refractivity contribution in [2.75, 3.05) is 40.5 Å². The van der Waals surface area contributed by atoms with Crippen LogP contribution >= 0.6 is 7.77 Å². The summed E-state index contributed by atoms with van der Waals surface area (Å²) in [5.41, 5.74) is -0.00782. The van der Waals surface area contributed by atoms with Crippen LogP contribution in [0.2, 0.25) is 0 Å². The van der Waals surface area contributed by atoms with Crippen LogP contribution in [0.3, 0.4) is 0 Å². The fraction of sp³-hybridized carbons (Fsp3) is 0.857. The monoisotopic (exact) mass is 194 g/mol. The van der Waals surface area contributed by atoms with Gasteiger partial charge < -0.3 is 19.6 Å². The summed E-state index contributed by atoms with van der Waals surface area (Å²) < 4.78 is 0.540. The fourth-order valence-electron chi connectivity index (χ4n) is 0.723. The summed E-state index contributed by atoms with van der Waals surface area (Å²) in [6.45, 7) is 0.228. The van der Waals surface area contributed by atoms with Crippen LogP contribution in [-0.2, 0) is 0 Å². The Labute approximate surface area is 74.1 Å². The predicted molar refractivity (Wildman–Crippen MR) is 48.7 cm³/mol. The summed E-state index contributed by atoms with van der Waals surface area (Å²) in [7, 11) is 3.95. The van der Waals surface area contributed by atoms with Crippen LogP contribution in [0.25, 0.3) is 0 Å². The molecule has 1 unspecified atom stereocenters. The molecule has 0 aromatic heterocycles. The van der Waals surface area contributed by atoms with Gasteiger partial charge in [-0.05, 0) is 0 Å². The van der Waals surface area contributed by atoms with Crippen molar-refractivity contribution in [3.8, 4) is 0 Å². The molecule has 0 rings (SSSR count). The number of aliphatic hydroxyl groups is 2. The predicted octanol–water partition coefficient (Wildman–Crippen LogP) is -1.06. The minimum absolute atomic E-state index is 0.00782. The largest absolute Gasteiger partial charge is 0.628 e. The molecule has 0 aromatic rings. The molecule has 1 atom stereocenters. The number of hydrogen-bond acceptors (Lipinski definition) is 2. The molecule has 4 nitrogen and oxygen atoms in total. The van der Waals surface area contributed by atoms with E-state index in [0.29, 0.717) is 11.0 Å². The Kier molecular flexibility index (Phi) is 4.90. The number of rotatable bonds is 4. The van der Waals surface area contributed by atoms with E-state index in [1.807, 2.05) is 21.1 Å². The highest BCUT2D eigenvalue weighted by Crippen LogP contribution is 2.12. The molecule has 0 amide bonds. The highest BCUT2D eigenvalue weighted by atomic mass is 31.1. The smallest absolute Gasteiger partial charge is 0.274 e. The third-order valence-electron chi connectivity index (χ3n) is 1.21. The molecule has 0 saturated carbocycles. The van der Waals surface area contributed by atoms with E-state index in [1.54, 1.807) is 0 Å². The first-order valence-corrected chi connectivity index (χ1v) is 5.22. The highest BCUT2D eigenvalue weighted by Gasteiger charge is 2.16.